The minimum atomic E-state index is -0.712. The highest BCUT2D eigenvalue weighted by Gasteiger charge is 2.43. The van der Waals surface area contributed by atoms with Crippen LogP contribution in [0.3, 0.4) is 0 Å². The van der Waals surface area contributed by atoms with Crippen molar-refractivity contribution in [2.24, 2.45) is 0 Å². The van der Waals surface area contributed by atoms with Crippen LogP contribution in [0.2, 0.25) is 0 Å². The fourth-order valence-electron chi connectivity index (χ4n) is 4.44. The number of carbonyl (C=O) groups is 1. The van der Waals surface area contributed by atoms with E-state index < -0.39 is 6.04 Å². The molecule has 6 nitrogen and oxygen atoms in total. The zero-order chi connectivity index (χ0) is 24.1. The molecule has 7 heteroatoms. The van der Waals surface area contributed by atoms with Gasteiger partial charge in [0.15, 0.2) is 16.9 Å². The molecule has 5 rings (SSSR count). The number of carbonyl (C=O) groups excluding carboxylic acids is 1. The number of nitrogens with zero attached hydrogens (tertiary/aromatic N) is 1. The van der Waals surface area contributed by atoms with Crippen molar-refractivity contribution in [2.45, 2.75) is 26.4 Å². The predicted molar refractivity (Wildman–Crippen MR) is 132 cm³/mol. The van der Waals surface area contributed by atoms with Gasteiger partial charge in [-0.15, -0.1) is 0 Å². The number of hydrogen-bond donors (Lipinski definition) is 1. The number of fused-ring (bicyclic) bond motifs is 2. The third kappa shape index (κ3) is 3.56. The zero-order valence-corrected chi connectivity index (χ0v) is 20.5. The van der Waals surface area contributed by atoms with E-state index in [1.807, 2.05) is 44.2 Å². The van der Waals surface area contributed by atoms with E-state index in [0.29, 0.717) is 21.0 Å². The van der Waals surface area contributed by atoms with E-state index in [9.17, 15) is 14.7 Å². The van der Waals surface area contributed by atoms with Gasteiger partial charge in [0, 0.05) is 6.54 Å². The first-order valence-electron chi connectivity index (χ1n) is 10.8. The number of halogens is 1. The van der Waals surface area contributed by atoms with Gasteiger partial charge in [0.25, 0.3) is 5.91 Å². The van der Waals surface area contributed by atoms with Crippen LogP contribution in [-0.4, -0.2) is 23.0 Å². The monoisotopic (exact) mass is 519 g/mol. The van der Waals surface area contributed by atoms with Crippen LogP contribution in [0, 0.1) is 13.8 Å². The molecule has 0 saturated carbocycles. The molecule has 0 spiro atoms. The molecule has 4 aromatic rings. The summed E-state index contributed by atoms with van der Waals surface area (Å²) in [6.45, 7) is 4.18. The summed E-state index contributed by atoms with van der Waals surface area (Å²) in [5.41, 5.74) is 4.01. The van der Waals surface area contributed by atoms with E-state index in [-0.39, 0.29) is 40.7 Å². The maximum Gasteiger partial charge on any atom is 0.291 e. The number of aryl methyl sites for hydroxylation is 2. The third-order valence-electron chi connectivity index (χ3n) is 6.18. The number of aromatic hydroxyl groups is 1. The average Bonchev–Trinajstić information content (AvgIpc) is 3.09. The highest BCUT2D eigenvalue weighted by Crippen LogP contribution is 2.44. The van der Waals surface area contributed by atoms with Crippen LogP contribution in [0.1, 0.15) is 44.4 Å². The molecule has 1 aromatic heterocycles. The number of phenolic OH excluding ortho intramolecular Hbond substituents is 1. The largest absolute Gasteiger partial charge is 0.503 e. The van der Waals surface area contributed by atoms with Crippen molar-refractivity contribution < 1.29 is 19.1 Å². The van der Waals surface area contributed by atoms with Gasteiger partial charge in [-0.1, -0.05) is 41.5 Å². The van der Waals surface area contributed by atoms with E-state index in [1.54, 1.807) is 29.2 Å². The molecule has 0 fully saturated rings. The van der Waals surface area contributed by atoms with Gasteiger partial charge in [0.05, 0.1) is 28.6 Å². The standard InChI is InChI=1S/C27H22BrNO5/c1-14-4-7-16(8-5-14)13-29-23(17-11-19(28)25(31)21(12-17)33-3)22-24(30)18-10-15(2)6-9-20(18)34-26(22)27(29)32/h4-12,23,31H,13H2,1-3H3. The molecule has 1 aliphatic heterocycles. The van der Waals surface area contributed by atoms with Gasteiger partial charge in [-0.25, -0.2) is 0 Å². The average molecular weight is 520 g/mol. The minimum absolute atomic E-state index is 0.0432. The Hall–Kier alpha value is -3.58. The van der Waals surface area contributed by atoms with Crippen LogP contribution in [-0.2, 0) is 6.54 Å². The molecule has 2 heterocycles. The Labute approximate surface area is 204 Å². The quantitative estimate of drug-likeness (QED) is 0.377. The van der Waals surface area contributed by atoms with Crippen LogP contribution in [0.4, 0.5) is 0 Å². The van der Waals surface area contributed by atoms with E-state index in [4.69, 9.17) is 9.15 Å². The lowest BCUT2D eigenvalue weighted by Crippen LogP contribution is -2.29. The van der Waals surface area contributed by atoms with Gasteiger partial charge >= 0.3 is 0 Å². The topological polar surface area (TPSA) is 80.0 Å². The molecule has 1 atom stereocenters. The van der Waals surface area contributed by atoms with Crippen LogP contribution in [0.15, 0.2) is 68.3 Å². The second kappa shape index (κ2) is 8.33. The molecule has 3 aromatic carbocycles. The molecule has 1 unspecified atom stereocenters. The maximum absolute atomic E-state index is 13.7. The first kappa shape index (κ1) is 22.2. The number of rotatable bonds is 4. The van der Waals surface area contributed by atoms with Gasteiger partial charge in [0.1, 0.15) is 5.58 Å². The molecule has 1 amide bonds. The lowest BCUT2D eigenvalue weighted by Gasteiger charge is -2.26. The highest BCUT2D eigenvalue weighted by molar-refractivity contribution is 9.10. The first-order chi connectivity index (χ1) is 16.3. The lowest BCUT2D eigenvalue weighted by atomic mass is 9.97. The molecule has 1 N–H and O–H groups in total. The molecular formula is C27H22BrNO5. The van der Waals surface area contributed by atoms with E-state index in [0.717, 1.165) is 16.7 Å². The van der Waals surface area contributed by atoms with Crippen molar-refractivity contribution in [2.75, 3.05) is 7.11 Å². The summed E-state index contributed by atoms with van der Waals surface area (Å²) in [6.07, 6.45) is 0. The Morgan fingerprint density at radius 3 is 2.44 bits per heavy atom. The summed E-state index contributed by atoms with van der Waals surface area (Å²) in [4.78, 5) is 29.0. The molecule has 0 bridgehead atoms. The van der Waals surface area contributed by atoms with Gasteiger partial charge < -0.3 is 19.2 Å². The summed E-state index contributed by atoms with van der Waals surface area (Å²) in [5.74, 6) is -0.131. The minimum Gasteiger partial charge on any atom is -0.503 e. The van der Waals surface area contributed by atoms with E-state index >= 15 is 0 Å². The number of ether oxygens (including phenoxy) is 1. The van der Waals surface area contributed by atoms with Gasteiger partial charge in [0.2, 0.25) is 5.76 Å². The first-order valence-corrected chi connectivity index (χ1v) is 11.6. The Bertz CT molecular complexity index is 1510. The van der Waals surface area contributed by atoms with Crippen molar-refractivity contribution in [1.29, 1.82) is 0 Å². The molecule has 172 valence electrons. The fraction of sp³-hybridized carbons (Fsp3) is 0.185. The number of methoxy groups -OCH3 is 1. The SMILES string of the molecule is COc1cc(C2c3c(oc4ccc(C)cc4c3=O)C(=O)N2Cc2ccc(C)cc2)cc(Br)c1O. The summed E-state index contributed by atoms with van der Waals surface area (Å²) in [7, 11) is 1.45. The number of phenols is 1. The summed E-state index contributed by atoms with van der Waals surface area (Å²) >= 11 is 3.37. The molecule has 34 heavy (non-hydrogen) atoms. The summed E-state index contributed by atoms with van der Waals surface area (Å²) < 4.78 is 11.8. The number of hydrogen-bond acceptors (Lipinski definition) is 5. The van der Waals surface area contributed by atoms with Crippen molar-refractivity contribution in [3.8, 4) is 11.5 Å². The maximum atomic E-state index is 13.7. The second-order valence-corrected chi connectivity index (χ2v) is 9.40. The van der Waals surface area contributed by atoms with Crippen LogP contribution in [0.5, 0.6) is 11.5 Å². The second-order valence-electron chi connectivity index (χ2n) is 8.55. The van der Waals surface area contributed by atoms with Gasteiger partial charge in [-0.2, -0.15) is 0 Å². The Morgan fingerprint density at radius 1 is 1.03 bits per heavy atom. The van der Waals surface area contributed by atoms with Crippen molar-refractivity contribution in [1.82, 2.24) is 4.90 Å². The van der Waals surface area contributed by atoms with Crippen molar-refractivity contribution in [3.05, 3.63) is 103 Å². The Morgan fingerprint density at radius 2 is 1.74 bits per heavy atom. The number of amides is 1. The number of benzene rings is 3. The van der Waals surface area contributed by atoms with Crippen LogP contribution < -0.4 is 10.2 Å². The normalized spacial score (nSPS) is 15.1. The predicted octanol–water partition coefficient (Wildman–Crippen LogP) is 5.63. The van der Waals surface area contributed by atoms with E-state index in [2.05, 4.69) is 15.9 Å². The lowest BCUT2D eigenvalue weighted by molar-refractivity contribution is 0.0714. The summed E-state index contributed by atoms with van der Waals surface area (Å²) in [6, 6.07) is 15.9. The smallest absolute Gasteiger partial charge is 0.291 e. The van der Waals surface area contributed by atoms with Crippen molar-refractivity contribution >= 4 is 32.8 Å². The van der Waals surface area contributed by atoms with Crippen LogP contribution >= 0.6 is 15.9 Å². The fourth-order valence-corrected chi connectivity index (χ4v) is 4.90. The Balaban J connectivity index is 1.76. The summed E-state index contributed by atoms with van der Waals surface area (Å²) in [5, 5.41) is 10.8. The third-order valence-corrected chi connectivity index (χ3v) is 6.79. The van der Waals surface area contributed by atoms with Gasteiger partial charge in [-0.05, 0) is 65.2 Å². The van der Waals surface area contributed by atoms with Crippen LogP contribution in [0.25, 0.3) is 11.0 Å². The van der Waals surface area contributed by atoms with E-state index in [1.165, 1.54) is 7.11 Å². The molecular weight excluding hydrogens is 498 g/mol. The Kier molecular flexibility index (Phi) is 5.44. The molecule has 0 radical (unpaired) electrons. The highest BCUT2D eigenvalue weighted by atomic mass is 79.9. The van der Waals surface area contributed by atoms with Crippen molar-refractivity contribution in [3.63, 3.8) is 0 Å². The molecule has 0 saturated heterocycles. The molecule has 1 aliphatic rings. The molecule has 0 aliphatic carbocycles. The van der Waals surface area contributed by atoms with Gasteiger partial charge in [-0.3, -0.25) is 9.59 Å². The zero-order valence-electron chi connectivity index (χ0n) is 18.9.